The summed E-state index contributed by atoms with van der Waals surface area (Å²) in [6.07, 6.45) is 1.93. The van der Waals surface area contributed by atoms with E-state index in [1.54, 1.807) is 12.1 Å². The molecule has 6 nitrogen and oxygen atoms in total. The molecule has 1 unspecified atom stereocenters. The highest BCUT2D eigenvalue weighted by atomic mass is 19.1. The van der Waals surface area contributed by atoms with Gasteiger partial charge in [0, 0.05) is 13.2 Å². The molecule has 0 bridgehead atoms. The lowest BCUT2D eigenvalue weighted by Crippen LogP contribution is -2.32. The molecule has 130 valence electrons. The largest absolute Gasteiger partial charge is 0.376 e. The normalized spacial score (nSPS) is 16.4. The molecule has 2 N–H and O–H groups in total. The van der Waals surface area contributed by atoms with E-state index in [9.17, 15) is 14.0 Å². The predicted molar refractivity (Wildman–Crippen MR) is 89.9 cm³/mol. The zero-order valence-corrected chi connectivity index (χ0v) is 13.5. The van der Waals surface area contributed by atoms with Crippen molar-refractivity contribution in [3.05, 3.63) is 59.7 Å². The molecule has 25 heavy (non-hydrogen) atoms. The van der Waals surface area contributed by atoms with Gasteiger partial charge in [-0.1, -0.05) is 18.2 Å². The topological polar surface area (TPSA) is 80.3 Å². The number of anilines is 1. The molecule has 2 aromatic rings. The van der Waals surface area contributed by atoms with Gasteiger partial charge in [0.05, 0.1) is 11.8 Å². The average Bonchev–Trinajstić information content (AvgIpc) is 3.15. The molecule has 2 heterocycles. The molecule has 1 atom stereocenters. The average molecular weight is 343 g/mol. The van der Waals surface area contributed by atoms with Gasteiger partial charge in [-0.25, -0.2) is 9.37 Å². The number of hydrogen-bond donors (Lipinski definition) is 2. The minimum atomic E-state index is -0.584. The van der Waals surface area contributed by atoms with Crippen molar-refractivity contribution >= 4 is 17.5 Å². The SMILES string of the molecule is O=C(NCC1CCCO1)c1cccc(C(=O)Nc2ccccc2F)n1. The van der Waals surface area contributed by atoms with Crippen molar-refractivity contribution in [2.24, 2.45) is 0 Å². The van der Waals surface area contributed by atoms with E-state index in [0.717, 1.165) is 12.8 Å². The monoisotopic (exact) mass is 343 g/mol. The van der Waals surface area contributed by atoms with Gasteiger partial charge in [-0.05, 0) is 37.1 Å². The molecule has 1 aromatic carbocycles. The summed E-state index contributed by atoms with van der Waals surface area (Å²) in [5, 5.41) is 5.19. The van der Waals surface area contributed by atoms with Gasteiger partial charge in [0.2, 0.25) is 0 Å². The molecule has 1 fully saturated rings. The van der Waals surface area contributed by atoms with Crippen LogP contribution >= 0.6 is 0 Å². The van der Waals surface area contributed by atoms with Crippen LogP contribution in [0.15, 0.2) is 42.5 Å². The number of ether oxygens (including phenoxy) is 1. The van der Waals surface area contributed by atoms with Crippen molar-refractivity contribution in [2.45, 2.75) is 18.9 Å². The lowest BCUT2D eigenvalue weighted by molar-refractivity contribution is 0.0853. The Kier molecular flexibility index (Phi) is 5.35. The molecule has 2 amide bonds. The Hall–Kier alpha value is -2.80. The van der Waals surface area contributed by atoms with Crippen LogP contribution in [-0.2, 0) is 4.74 Å². The first kappa shape index (κ1) is 17.0. The molecule has 1 aliphatic rings. The smallest absolute Gasteiger partial charge is 0.274 e. The first-order chi connectivity index (χ1) is 12.1. The summed E-state index contributed by atoms with van der Waals surface area (Å²) in [5.41, 5.74) is 0.217. The maximum atomic E-state index is 13.6. The molecule has 0 aliphatic carbocycles. The number of carbonyl (C=O) groups is 2. The zero-order valence-electron chi connectivity index (χ0n) is 13.5. The lowest BCUT2D eigenvalue weighted by Gasteiger charge is -2.11. The van der Waals surface area contributed by atoms with Crippen LogP contribution in [0.3, 0.4) is 0 Å². The van der Waals surface area contributed by atoms with E-state index in [2.05, 4.69) is 15.6 Å². The molecular weight excluding hydrogens is 325 g/mol. The molecule has 7 heteroatoms. The Morgan fingerprint density at radius 1 is 1.12 bits per heavy atom. The summed E-state index contributed by atoms with van der Waals surface area (Å²) < 4.78 is 19.1. The van der Waals surface area contributed by atoms with Crippen LogP contribution < -0.4 is 10.6 Å². The highest BCUT2D eigenvalue weighted by Crippen LogP contribution is 2.14. The van der Waals surface area contributed by atoms with Gasteiger partial charge >= 0.3 is 0 Å². The van der Waals surface area contributed by atoms with Crippen molar-refractivity contribution in [1.82, 2.24) is 10.3 Å². The van der Waals surface area contributed by atoms with Gasteiger partial charge in [-0.2, -0.15) is 0 Å². The Morgan fingerprint density at radius 2 is 1.88 bits per heavy atom. The number of aromatic nitrogens is 1. The van der Waals surface area contributed by atoms with Gasteiger partial charge in [0.1, 0.15) is 17.2 Å². The van der Waals surface area contributed by atoms with Gasteiger partial charge in [0.15, 0.2) is 0 Å². The standard InChI is InChI=1S/C18H18FN3O3/c19-13-6-1-2-7-14(13)22-18(24)16-9-3-8-15(21-16)17(23)20-11-12-5-4-10-25-12/h1-3,6-9,12H,4-5,10-11H2,(H,20,23)(H,22,24). The van der Waals surface area contributed by atoms with E-state index >= 15 is 0 Å². The molecule has 0 saturated carbocycles. The van der Waals surface area contributed by atoms with E-state index < -0.39 is 11.7 Å². The van der Waals surface area contributed by atoms with Crippen molar-refractivity contribution in [2.75, 3.05) is 18.5 Å². The van der Waals surface area contributed by atoms with Gasteiger partial charge in [-0.15, -0.1) is 0 Å². The summed E-state index contributed by atoms with van der Waals surface area (Å²) in [4.78, 5) is 28.4. The number of nitrogens with one attached hydrogen (secondary N) is 2. The van der Waals surface area contributed by atoms with Crippen LogP contribution in [0.1, 0.15) is 33.8 Å². The molecular formula is C18H18FN3O3. The van der Waals surface area contributed by atoms with Crippen LogP contribution in [0.4, 0.5) is 10.1 Å². The van der Waals surface area contributed by atoms with Crippen LogP contribution in [0.5, 0.6) is 0 Å². The summed E-state index contributed by atoms with van der Waals surface area (Å²) in [6, 6.07) is 10.4. The summed E-state index contributed by atoms with van der Waals surface area (Å²) in [5.74, 6) is -1.50. The van der Waals surface area contributed by atoms with Gasteiger partial charge in [-0.3, -0.25) is 9.59 Å². The van der Waals surface area contributed by atoms with Crippen LogP contribution in [0.2, 0.25) is 0 Å². The number of hydrogen-bond acceptors (Lipinski definition) is 4. The number of pyridine rings is 1. The molecule has 1 aromatic heterocycles. The number of para-hydroxylation sites is 1. The number of rotatable bonds is 5. The fourth-order valence-electron chi connectivity index (χ4n) is 2.54. The van der Waals surface area contributed by atoms with Crippen molar-refractivity contribution < 1.29 is 18.7 Å². The lowest BCUT2D eigenvalue weighted by atomic mass is 10.2. The number of halogens is 1. The quantitative estimate of drug-likeness (QED) is 0.873. The second kappa shape index (κ2) is 7.85. The third-order valence-corrected chi connectivity index (χ3v) is 3.85. The number of nitrogens with zero attached hydrogens (tertiary/aromatic N) is 1. The second-order valence-corrected chi connectivity index (χ2v) is 5.69. The van der Waals surface area contributed by atoms with Crippen molar-refractivity contribution in [3.63, 3.8) is 0 Å². The summed E-state index contributed by atoms with van der Waals surface area (Å²) >= 11 is 0. The maximum Gasteiger partial charge on any atom is 0.274 e. The second-order valence-electron chi connectivity index (χ2n) is 5.69. The van der Waals surface area contributed by atoms with E-state index in [-0.39, 0.29) is 29.1 Å². The number of amides is 2. The minimum absolute atomic E-state index is 0.0245. The Morgan fingerprint density at radius 3 is 2.60 bits per heavy atom. The molecule has 1 saturated heterocycles. The maximum absolute atomic E-state index is 13.6. The molecule has 0 spiro atoms. The molecule has 3 rings (SSSR count). The van der Waals surface area contributed by atoms with Crippen LogP contribution in [0.25, 0.3) is 0 Å². The first-order valence-electron chi connectivity index (χ1n) is 8.06. The van der Waals surface area contributed by atoms with E-state index in [1.807, 2.05) is 0 Å². The highest BCUT2D eigenvalue weighted by molar-refractivity contribution is 6.03. The highest BCUT2D eigenvalue weighted by Gasteiger charge is 2.18. The third-order valence-electron chi connectivity index (χ3n) is 3.85. The Balaban J connectivity index is 1.64. The van der Waals surface area contributed by atoms with E-state index in [0.29, 0.717) is 13.2 Å². The van der Waals surface area contributed by atoms with Crippen molar-refractivity contribution in [3.8, 4) is 0 Å². The van der Waals surface area contributed by atoms with E-state index in [4.69, 9.17) is 4.74 Å². The van der Waals surface area contributed by atoms with Crippen molar-refractivity contribution in [1.29, 1.82) is 0 Å². The molecule has 0 radical (unpaired) electrons. The zero-order chi connectivity index (χ0) is 17.6. The van der Waals surface area contributed by atoms with Crippen LogP contribution in [-0.4, -0.2) is 36.1 Å². The fraction of sp³-hybridized carbons (Fsp3) is 0.278. The number of benzene rings is 1. The first-order valence-corrected chi connectivity index (χ1v) is 8.06. The van der Waals surface area contributed by atoms with Gasteiger partial charge < -0.3 is 15.4 Å². The van der Waals surface area contributed by atoms with Gasteiger partial charge in [0.25, 0.3) is 11.8 Å². The molecule has 1 aliphatic heterocycles. The fourth-order valence-corrected chi connectivity index (χ4v) is 2.54. The summed E-state index contributed by atoms with van der Waals surface area (Å²) in [6.45, 7) is 1.12. The predicted octanol–water partition coefficient (Wildman–Crippen LogP) is 2.38. The Labute approximate surface area is 144 Å². The third kappa shape index (κ3) is 4.39. The Bertz CT molecular complexity index is 776. The van der Waals surface area contributed by atoms with E-state index in [1.165, 1.54) is 30.3 Å². The van der Waals surface area contributed by atoms with Crippen LogP contribution in [0, 0.1) is 5.82 Å². The number of carbonyl (C=O) groups excluding carboxylic acids is 2. The summed E-state index contributed by atoms with van der Waals surface area (Å²) in [7, 11) is 0. The minimum Gasteiger partial charge on any atom is -0.376 e.